The minimum absolute atomic E-state index is 0.0905. The molecule has 0 fully saturated rings. The predicted molar refractivity (Wildman–Crippen MR) is 126 cm³/mol. The van der Waals surface area contributed by atoms with Crippen molar-refractivity contribution in [1.82, 2.24) is 4.72 Å². The SMILES string of the molecule is CC(C)(C)OC(=O)Nc1cc([C@@H](C#C[Si](C)(C)C)N[S+]([O-])C(C)(C)C)cc(C(F)(F)F)c1. The molecule has 180 valence electrons. The van der Waals surface area contributed by atoms with Crippen LogP contribution in [0.2, 0.25) is 19.6 Å². The molecule has 5 nitrogen and oxygen atoms in total. The summed E-state index contributed by atoms with van der Waals surface area (Å²) >= 11 is -1.59. The highest BCUT2D eigenvalue weighted by molar-refractivity contribution is 7.90. The number of anilines is 1. The summed E-state index contributed by atoms with van der Waals surface area (Å²) in [6.45, 7) is 16.2. The Morgan fingerprint density at radius 1 is 1.09 bits per heavy atom. The number of carbonyl (C=O) groups excluding carboxylic acids is 1. The van der Waals surface area contributed by atoms with E-state index in [1.807, 2.05) is 19.6 Å². The summed E-state index contributed by atoms with van der Waals surface area (Å²) in [5.74, 6) is 2.97. The molecule has 2 atom stereocenters. The third-order valence-electron chi connectivity index (χ3n) is 3.63. The van der Waals surface area contributed by atoms with E-state index in [4.69, 9.17) is 4.74 Å². The molecule has 0 heterocycles. The number of rotatable bonds is 4. The average molecular weight is 491 g/mol. The molecule has 10 heteroatoms. The Morgan fingerprint density at radius 3 is 2.09 bits per heavy atom. The van der Waals surface area contributed by atoms with E-state index in [1.54, 1.807) is 41.5 Å². The van der Waals surface area contributed by atoms with Crippen LogP contribution in [0.25, 0.3) is 0 Å². The molecule has 0 aromatic heterocycles. The maximum absolute atomic E-state index is 13.6. The van der Waals surface area contributed by atoms with Crippen molar-refractivity contribution in [3.8, 4) is 11.5 Å². The number of ether oxygens (including phenoxy) is 1. The Kier molecular flexibility index (Phi) is 8.93. The van der Waals surface area contributed by atoms with Crippen LogP contribution in [-0.4, -0.2) is 29.1 Å². The molecule has 0 bridgehead atoms. The van der Waals surface area contributed by atoms with E-state index in [2.05, 4.69) is 21.5 Å². The van der Waals surface area contributed by atoms with Crippen molar-refractivity contribution >= 4 is 31.2 Å². The summed E-state index contributed by atoms with van der Waals surface area (Å²) in [4.78, 5) is 12.1. The minimum atomic E-state index is -4.65. The van der Waals surface area contributed by atoms with Gasteiger partial charge in [-0.25, -0.2) is 4.79 Å². The fourth-order valence-corrected chi connectivity index (χ4v) is 3.57. The molecule has 0 aliphatic rings. The second-order valence-corrected chi connectivity index (χ2v) is 17.2. The molecule has 2 N–H and O–H groups in total. The van der Waals surface area contributed by atoms with Gasteiger partial charge in [-0.05, 0) is 65.3 Å². The van der Waals surface area contributed by atoms with Crippen molar-refractivity contribution in [3.63, 3.8) is 0 Å². The van der Waals surface area contributed by atoms with Crippen molar-refractivity contribution < 1.29 is 27.3 Å². The first kappa shape index (κ1) is 28.4. The summed E-state index contributed by atoms with van der Waals surface area (Å²) in [5.41, 5.74) is 1.41. The van der Waals surface area contributed by atoms with Crippen LogP contribution >= 0.6 is 0 Å². The molecule has 0 saturated carbocycles. The van der Waals surface area contributed by atoms with E-state index in [0.717, 1.165) is 12.1 Å². The Labute approximate surface area is 193 Å². The van der Waals surface area contributed by atoms with Crippen LogP contribution in [0.3, 0.4) is 0 Å². The molecule has 1 amide bonds. The number of nitrogens with one attached hydrogen (secondary N) is 2. The first-order chi connectivity index (χ1) is 14.2. The van der Waals surface area contributed by atoms with Crippen molar-refractivity contribution in [1.29, 1.82) is 0 Å². The first-order valence-corrected chi connectivity index (χ1v) is 14.8. The maximum Gasteiger partial charge on any atom is 0.416 e. The number of hydrogen-bond acceptors (Lipinski definition) is 4. The minimum Gasteiger partial charge on any atom is -0.598 e. The van der Waals surface area contributed by atoms with Gasteiger partial charge < -0.3 is 9.29 Å². The third kappa shape index (κ3) is 10.3. The zero-order valence-corrected chi connectivity index (χ0v) is 21.9. The monoisotopic (exact) mass is 490 g/mol. The van der Waals surface area contributed by atoms with Crippen LogP contribution < -0.4 is 10.0 Å². The largest absolute Gasteiger partial charge is 0.598 e. The van der Waals surface area contributed by atoms with Gasteiger partial charge in [-0.15, -0.1) is 10.3 Å². The second kappa shape index (κ2) is 10.1. The smallest absolute Gasteiger partial charge is 0.416 e. The van der Waals surface area contributed by atoms with Crippen LogP contribution in [-0.2, 0) is 22.3 Å². The van der Waals surface area contributed by atoms with Gasteiger partial charge in [-0.3, -0.25) is 5.32 Å². The highest BCUT2D eigenvalue weighted by atomic mass is 32.2. The average Bonchev–Trinajstić information content (AvgIpc) is 2.53. The molecule has 32 heavy (non-hydrogen) atoms. The van der Waals surface area contributed by atoms with Crippen LogP contribution in [0.1, 0.15) is 58.7 Å². The van der Waals surface area contributed by atoms with Gasteiger partial charge in [-0.1, -0.05) is 25.6 Å². The fourth-order valence-electron chi connectivity index (χ4n) is 2.23. The van der Waals surface area contributed by atoms with Crippen molar-refractivity contribution in [2.75, 3.05) is 5.32 Å². The number of alkyl halides is 3. The molecule has 1 rings (SSSR count). The molecule has 0 aliphatic carbocycles. The lowest BCUT2D eigenvalue weighted by Crippen LogP contribution is -2.41. The topological polar surface area (TPSA) is 73.4 Å². The van der Waals surface area contributed by atoms with Crippen molar-refractivity contribution in [2.24, 2.45) is 0 Å². The van der Waals surface area contributed by atoms with Crippen molar-refractivity contribution in [3.05, 3.63) is 29.3 Å². The Balaban J connectivity index is 3.51. The number of halogens is 3. The van der Waals surface area contributed by atoms with Gasteiger partial charge in [0.15, 0.2) is 0 Å². The first-order valence-electron chi connectivity index (χ1n) is 10.1. The molecule has 1 aromatic carbocycles. The molecule has 0 radical (unpaired) electrons. The van der Waals surface area contributed by atoms with Crippen LogP contribution in [0.5, 0.6) is 0 Å². The van der Waals surface area contributed by atoms with E-state index in [9.17, 15) is 22.5 Å². The summed E-state index contributed by atoms with van der Waals surface area (Å²) in [7, 11) is -1.88. The number of hydrogen-bond donors (Lipinski definition) is 2. The highest BCUT2D eigenvalue weighted by Crippen LogP contribution is 2.34. The Hall–Kier alpha value is -1.67. The summed E-state index contributed by atoms with van der Waals surface area (Å²) in [6, 6.07) is 2.24. The van der Waals surface area contributed by atoms with Gasteiger partial charge in [0.25, 0.3) is 0 Å². The molecular weight excluding hydrogens is 457 g/mol. The highest BCUT2D eigenvalue weighted by Gasteiger charge is 2.34. The van der Waals surface area contributed by atoms with Crippen LogP contribution in [0.4, 0.5) is 23.7 Å². The van der Waals surface area contributed by atoms with Gasteiger partial charge in [0.05, 0.1) is 5.56 Å². The zero-order chi connectivity index (χ0) is 25.1. The van der Waals surface area contributed by atoms with E-state index in [-0.39, 0.29) is 11.3 Å². The number of carbonyl (C=O) groups is 1. The molecule has 0 saturated heterocycles. The zero-order valence-electron chi connectivity index (χ0n) is 20.1. The Morgan fingerprint density at radius 2 is 1.66 bits per heavy atom. The molecular formula is C22H33F3N2O3SSi. The van der Waals surface area contributed by atoms with Crippen molar-refractivity contribution in [2.45, 2.75) is 83.7 Å². The third-order valence-corrected chi connectivity index (χ3v) is 6.09. The van der Waals surface area contributed by atoms with E-state index < -0.39 is 53.7 Å². The van der Waals surface area contributed by atoms with Gasteiger partial charge in [-0.2, -0.15) is 13.2 Å². The summed E-state index contributed by atoms with van der Waals surface area (Å²) in [6.07, 6.45) is -5.53. The standard InChI is InChI=1S/C22H33F3N2O3SSi/c1-20(2,3)30-19(28)26-17-13-15(12-16(14-17)22(23,24)25)18(10-11-32(7,8)9)27-31(29)21(4,5)6/h12-14,18,27H,1-9H3,(H,26,28)/t18-,31?/m1/s1. The number of amides is 1. The molecule has 0 aliphatic heterocycles. The van der Waals surface area contributed by atoms with Crippen LogP contribution in [0, 0.1) is 11.5 Å². The van der Waals surface area contributed by atoms with Crippen LogP contribution in [0.15, 0.2) is 18.2 Å². The predicted octanol–water partition coefficient (Wildman–Crippen LogP) is 6.03. The number of benzene rings is 1. The van der Waals surface area contributed by atoms with E-state index in [0.29, 0.717) is 0 Å². The van der Waals surface area contributed by atoms with Gasteiger partial charge in [0, 0.05) is 17.0 Å². The molecule has 1 aromatic rings. The summed E-state index contributed by atoms with van der Waals surface area (Å²) < 4.78 is 60.8. The van der Waals surface area contributed by atoms with Gasteiger partial charge in [0.2, 0.25) is 0 Å². The molecule has 1 unspecified atom stereocenters. The second-order valence-electron chi connectivity index (χ2n) is 10.4. The summed E-state index contributed by atoms with van der Waals surface area (Å²) in [5, 5.41) is 2.36. The Bertz CT molecular complexity index is 876. The quantitative estimate of drug-likeness (QED) is 0.307. The maximum atomic E-state index is 13.6. The lowest BCUT2D eigenvalue weighted by Gasteiger charge is -2.27. The molecule has 0 spiro atoms. The lowest BCUT2D eigenvalue weighted by molar-refractivity contribution is -0.137. The lowest BCUT2D eigenvalue weighted by atomic mass is 10.0. The van der Waals surface area contributed by atoms with Gasteiger partial charge >= 0.3 is 12.3 Å². The van der Waals surface area contributed by atoms with Gasteiger partial charge in [0.1, 0.15) is 24.5 Å². The van der Waals surface area contributed by atoms with E-state index in [1.165, 1.54) is 6.07 Å². The fraction of sp³-hybridized carbons (Fsp3) is 0.591. The normalized spacial score (nSPS) is 14.8. The van der Waals surface area contributed by atoms with E-state index >= 15 is 0 Å².